The maximum absolute atomic E-state index is 10.8. The van der Waals surface area contributed by atoms with Gasteiger partial charge in [0.05, 0.1) is 20.1 Å². The molecule has 0 heterocycles. The molecule has 2 aromatic rings. The first-order valence-corrected chi connectivity index (χ1v) is 6.68. The number of carbonyl (C=O) groups is 1. The van der Waals surface area contributed by atoms with Gasteiger partial charge in [0, 0.05) is 6.07 Å². The van der Waals surface area contributed by atoms with Crippen LogP contribution in [0.25, 0.3) is 0 Å². The van der Waals surface area contributed by atoms with Crippen molar-refractivity contribution in [3.05, 3.63) is 56.5 Å². The zero-order valence-electron chi connectivity index (χ0n) is 9.36. The lowest BCUT2D eigenvalue weighted by atomic mass is 10.2. The van der Waals surface area contributed by atoms with Crippen molar-refractivity contribution >= 4 is 45.1 Å². The molecule has 6 heteroatoms. The highest BCUT2D eigenvalue weighted by Gasteiger charge is 2.09. The molecule has 0 aliphatic rings. The van der Waals surface area contributed by atoms with Gasteiger partial charge >= 0.3 is 5.97 Å². The van der Waals surface area contributed by atoms with Crippen LogP contribution in [0.2, 0.25) is 10.0 Å². The van der Waals surface area contributed by atoms with Gasteiger partial charge in [-0.25, -0.2) is 4.79 Å². The molecule has 0 aromatic heterocycles. The summed E-state index contributed by atoms with van der Waals surface area (Å²) in [5.41, 5.74) is 0.174. The second kappa shape index (κ2) is 5.82. The van der Waals surface area contributed by atoms with Gasteiger partial charge in [-0.05, 0) is 46.3 Å². The van der Waals surface area contributed by atoms with Crippen LogP contribution in [0.4, 0.5) is 0 Å². The van der Waals surface area contributed by atoms with Crippen LogP contribution in [0.15, 0.2) is 40.9 Å². The van der Waals surface area contributed by atoms with E-state index in [1.54, 1.807) is 24.3 Å². The van der Waals surface area contributed by atoms with Crippen molar-refractivity contribution in [2.24, 2.45) is 0 Å². The molecule has 0 spiro atoms. The monoisotopic (exact) mass is 360 g/mol. The highest BCUT2D eigenvalue weighted by molar-refractivity contribution is 9.10. The van der Waals surface area contributed by atoms with Crippen molar-refractivity contribution in [1.82, 2.24) is 0 Å². The fraction of sp³-hybridized carbons (Fsp3) is 0. The summed E-state index contributed by atoms with van der Waals surface area (Å²) < 4.78 is 6.14. The predicted octanol–water partition coefficient (Wildman–Crippen LogP) is 5.25. The maximum atomic E-state index is 10.8. The standard InChI is InChI=1S/C13H7BrCl2O3/c14-9-5-7(13(17)18)1-4-12(9)19-8-2-3-10(15)11(16)6-8/h1-6H,(H,17,18). The number of aromatic carboxylic acids is 1. The van der Waals surface area contributed by atoms with Gasteiger partial charge in [0.2, 0.25) is 0 Å². The Labute approximate surface area is 127 Å². The number of ether oxygens (including phenoxy) is 1. The van der Waals surface area contributed by atoms with Gasteiger partial charge in [-0.3, -0.25) is 0 Å². The summed E-state index contributed by atoms with van der Waals surface area (Å²) >= 11 is 15.0. The second-order valence-corrected chi connectivity index (χ2v) is 5.30. The SMILES string of the molecule is O=C(O)c1ccc(Oc2ccc(Cl)c(Cl)c2)c(Br)c1. The van der Waals surface area contributed by atoms with Crippen LogP contribution >= 0.6 is 39.1 Å². The fourth-order valence-electron chi connectivity index (χ4n) is 1.38. The lowest BCUT2D eigenvalue weighted by Gasteiger charge is -2.09. The number of hydrogen-bond donors (Lipinski definition) is 1. The molecule has 0 bridgehead atoms. The molecule has 0 fully saturated rings. The Hall–Kier alpha value is -1.23. The van der Waals surface area contributed by atoms with Gasteiger partial charge in [0.1, 0.15) is 11.5 Å². The molecule has 0 saturated heterocycles. The normalized spacial score (nSPS) is 10.3. The predicted molar refractivity (Wildman–Crippen MR) is 77.6 cm³/mol. The lowest BCUT2D eigenvalue weighted by Crippen LogP contribution is -1.96. The van der Waals surface area contributed by atoms with Crippen molar-refractivity contribution in [3.8, 4) is 11.5 Å². The van der Waals surface area contributed by atoms with Crippen LogP contribution in [-0.2, 0) is 0 Å². The number of benzene rings is 2. The number of hydrogen-bond acceptors (Lipinski definition) is 2. The summed E-state index contributed by atoms with van der Waals surface area (Å²) in [6.07, 6.45) is 0. The summed E-state index contributed by atoms with van der Waals surface area (Å²) in [6, 6.07) is 9.37. The number of carboxylic acid groups (broad SMARTS) is 1. The van der Waals surface area contributed by atoms with Gasteiger partial charge < -0.3 is 9.84 Å². The molecule has 0 saturated carbocycles. The van der Waals surface area contributed by atoms with E-state index in [0.29, 0.717) is 26.0 Å². The summed E-state index contributed by atoms with van der Waals surface area (Å²) in [4.78, 5) is 10.8. The number of carboxylic acids is 1. The Morgan fingerprint density at radius 1 is 1.11 bits per heavy atom. The minimum atomic E-state index is -0.998. The van der Waals surface area contributed by atoms with Crippen LogP contribution in [-0.4, -0.2) is 11.1 Å². The van der Waals surface area contributed by atoms with Crippen molar-refractivity contribution in [1.29, 1.82) is 0 Å². The molecule has 19 heavy (non-hydrogen) atoms. The topological polar surface area (TPSA) is 46.5 Å². The van der Waals surface area contributed by atoms with Crippen LogP contribution < -0.4 is 4.74 Å². The van der Waals surface area contributed by atoms with Crippen LogP contribution in [0.3, 0.4) is 0 Å². The van der Waals surface area contributed by atoms with Gasteiger partial charge in [-0.2, -0.15) is 0 Å². The molecule has 2 rings (SSSR count). The zero-order valence-corrected chi connectivity index (χ0v) is 12.5. The fourth-order valence-corrected chi connectivity index (χ4v) is 2.13. The minimum absolute atomic E-state index is 0.174. The molecule has 0 atom stereocenters. The molecule has 0 radical (unpaired) electrons. The summed E-state index contributed by atoms with van der Waals surface area (Å²) in [7, 11) is 0. The van der Waals surface area contributed by atoms with E-state index in [0.717, 1.165) is 0 Å². The third-order valence-electron chi connectivity index (χ3n) is 2.30. The van der Waals surface area contributed by atoms with E-state index < -0.39 is 5.97 Å². The highest BCUT2D eigenvalue weighted by Crippen LogP contribution is 2.33. The Balaban J connectivity index is 2.28. The van der Waals surface area contributed by atoms with E-state index in [4.69, 9.17) is 33.0 Å². The van der Waals surface area contributed by atoms with E-state index in [9.17, 15) is 4.79 Å². The molecule has 0 aliphatic carbocycles. The maximum Gasteiger partial charge on any atom is 0.335 e. The number of rotatable bonds is 3. The quantitative estimate of drug-likeness (QED) is 0.812. The lowest BCUT2D eigenvalue weighted by molar-refractivity contribution is 0.0697. The van der Waals surface area contributed by atoms with E-state index in [1.807, 2.05) is 0 Å². The largest absolute Gasteiger partial charge is 0.478 e. The van der Waals surface area contributed by atoms with Gasteiger partial charge in [0.25, 0.3) is 0 Å². The van der Waals surface area contributed by atoms with Crippen LogP contribution in [0.5, 0.6) is 11.5 Å². The van der Waals surface area contributed by atoms with Gasteiger partial charge in [0.15, 0.2) is 0 Å². The molecule has 0 amide bonds. The van der Waals surface area contributed by atoms with E-state index in [-0.39, 0.29) is 5.56 Å². The average Bonchev–Trinajstić information content (AvgIpc) is 2.36. The third-order valence-corrected chi connectivity index (χ3v) is 3.66. The molecule has 0 aliphatic heterocycles. The smallest absolute Gasteiger partial charge is 0.335 e. The van der Waals surface area contributed by atoms with E-state index in [2.05, 4.69) is 15.9 Å². The highest BCUT2D eigenvalue weighted by atomic mass is 79.9. The first kappa shape index (κ1) is 14.2. The van der Waals surface area contributed by atoms with Gasteiger partial charge in [-0.15, -0.1) is 0 Å². The molecule has 98 valence electrons. The molecule has 2 aromatic carbocycles. The molecule has 0 unspecified atom stereocenters. The first-order valence-electron chi connectivity index (χ1n) is 5.13. The minimum Gasteiger partial charge on any atom is -0.478 e. The molecule has 1 N–H and O–H groups in total. The van der Waals surface area contributed by atoms with Crippen LogP contribution in [0, 0.1) is 0 Å². The van der Waals surface area contributed by atoms with Crippen LogP contribution in [0.1, 0.15) is 10.4 Å². The average molecular weight is 362 g/mol. The Morgan fingerprint density at radius 3 is 2.42 bits per heavy atom. The van der Waals surface area contributed by atoms with Crippen molar-refractivity contribution in [3.63, 3.8) is 0 Å². The summed E-state index contributed by atoms with van der Waals surface area (Å²) in [5, 5.41) is 9.69. The van der Waals surface area contributed by atoms with E-state index >= 15 is 0 Å². The second-order valence-electron chi connectivity index (χ2n) is 3.63. The Morgan fingerprint density at radius 2 is 1.84 bits per heavy atom. The van der Waals surface area contributed by atoms with Crippen molar-refractivity contribution < 1.29 is 14.6 Å². The van der Waals surface area contributed by atoms with Gasteiger partial charge in [-0.1, -0.05) is 23.2 Å². The molecular formula is C13H7BrCl2O3. The van der Waals surface area contributed by atoms with E-state index in [1.165, 1.54) is 12.1 Å². The van der Waals surface area contributed by atoms with Crippen molar-refractivity contribution in [2.75, 3.05) is 0 Å². The van der Waals surface area contributed by atoms with Crippen molar-refractivity contribution in [2.45, 2.75) is 0 Å². The Kier molecular flexibility index (Phi) is 4.34. The third kappa shape index (κ3) is 3.41. The first-order chi connectivity index (χ1) is 8.97. The molecule has 3 nitrogen and oxygen atoms in total. The zero-order chi connectivity index (χ0) is 14.0. The summed E-state index contributed by atoms with van der Waals surface area (Å²) in [6.45, 7) is 0. The Bertz CT molecular complexity index is 644. The number of halogens is 3. The summed E-state index contributed by atoms with van der Waals surface area (Å²) in [5.74, 6) is 0.00310. The molecular weight excluding hydrogens is 355 g/mol.